The lowest BCUT2D eigenvalue weighted by Crippen LogP contribution is -2.30. The van der Waals surface area contributed by atoms with Crippen LogP contribution >= 0.6 is 0 Å². The van der Waals surface area contributed by atoms with E-state index in [9.17, 15) is 4.79 Å². The first-order chi connectivity index (χ1) is 11.3. The Kier molecular flexibility index (Phi) is 3.83. The molecule has 0 bridgehead atoms. The summed E-state index contributed by atoms with van der Waals surface area (Å²) in [6.45, 7) is 4.08. The predicted octanol–water partition coefficient (Wildman–Crippen LogP) is 1.21. The standard InChI is InChI=1S/C17H21N5O/c23-17(21-9-1-2-10-21)16-14-11-19-8-5-15(14)22(20-16)12-13-3-6-18-7-4-13/h3-4,6-7,19H,1-2,5,8-12H2. The van der Waals surface area contributed by atoms with Gasteiger partial charge in [0.05, 0.1) is 6.54 Å². The van der Waals surface area contributed by atoms with Crippen LogP contribution in [0.2, 0.25) is 0 Å². The number of nitrogens with zero attached hydrogens (tertiary/aromatic N) is 4. The third kappa shape index (κ3) is 2.74. The Hall–Kier alpha value is -2.21. The maximum absolute atomic E-state index is 12.8. The second-order valence-corrected chi connectivity index (χ2v) is 6.21. The van der Waals surface area contributed by atoms with Crippen molar-refractivity contribution in [2.75, 3.05) is 19.6 Å². The van der Waals surface area contributed by atoms with Crippen LogP contribution in [0.3, 0.4) is 0 Å². The number of likely N-dealkylation sites (tertiary alicyclic amines) is 1. The first kappa shape index (κ1) is 14.4. The molecule has 4 heterocycles. The summed E-state index contributed by atoms with van der Waals surface area (Å²) in [7, 11) is 0. The zero-order valence-corrected chi connectivity index (χ0v) is 13.2. The molecule has 2 aromatic heterocycles. The normalized spacial score (nSPS) is 17.3. The number of carbonyl (C=O) groups is 1. The zero-order valence-electron chi connectivity index (χ0n) is 13.2. The molecule has 0 aliphatic carbocycles. The van der Waals surface area contributed by atoms with Crippen molar-refractivity contribution in [3.05, 3.63) is 47.0 Å². The first-order valence-corrected chi connectivity index (χ1v) is 8.30. The van der Waals surface area contributed by atoms with Crippen molar-refractivity contribution >= 4 is 5.91 Å². The number of rotatable bonds is 3. The van der Waals surface area contributed by atoms with Gasteiger partial charge in [0.15, 0.2) is 5.69 Å². The number of carbonyl (C=O) groups excluding carboxylic acids is 1. The van der Waals surface area contributed by atoms with Gasteiger partial charge in [-0.1, -0.05) is 0 Å². The molecule has 0 atom stereocenters. The largest absolute Gasteiger partial charge is 0.337 e. The summed E-state index contributed by atoms with van der Waals surface area (Å²) in [5, 5.41) is 8.07. The summed E-state index contributed by atoms with van der Waals surface area (Å²) in [4.78, 5) is 18.8. The van der Waals surface area contributed by atoms with E-state index in [2.05, 4.69) is 10.3 Å². The van der Waals surface area contributed by atoms with Crippen LogP contribution in [0.1, 0.15) is 40.2 Å². The topological polar surface area (TPSA) is 63.1 Å². The minimum Gasteiger partial charge on any atom is -0.337 e. The first-order valence-electron chi connectivity index (χ1n) is 8.30. The fourth-order valence-corrected chi connectivity index (χ4v) is 3.45. The van der Waals surface area contributed by atoms with Crippen LogP contribution in [0.15, 0.2) is 24.5 Å². The molecule has 23 heavy (non-hydrogen) atoms. The van der Waals surface area contributed by atoms with E-state index in [4.69, 9.17) is 5.10 Å². The lowest BCUT2D eigenvalue weighted by molar-refractivity contribution is 0.0785. The highest BCUT2D eigenvalue weighted by molar-refractivity contribution is 5.94. The summed E-state index contributed by atoms with van der Waals surface area (Å²) < 4.78 is 2.01. The third-order valence-corrected chi connectivity index (χ3v) is 4.68. The molecule has 2 aromatic rings. The van der Waals surface area contributed by atoms with Gasteiger partial charge in [-0.3, -0.25) is 14.5 Å². The van der Waals surface area contributed by atoms with E-state index >= 15 is 0 Å². The van der Waals surface area contributed by atoms with Gasteiger partial charge < -0.3 is 10.2 Å². The summed E-state index contributed by atoms with van der Waals surface area (Å²) in [5.41, 5.74) is 4.08. The molecule has 1 fully saturated rings. The molecule has 0 spiro atoms. The second-order valence-electron chi connectivity index (χ2n) is 6.21. The van der Waals surface area contributed by atoms with Gasteiger partial charge in [0.1, 0.15) is 0 Å². The Labute approximate surface area is 135 Å². The van der Waals surface area contributed by atoms with E-state index in [1.54, 1.807) is 12.4 Å². The number of pyridine rings is 1. The molecule has 0 unspecified atom stereocenters. The summed E-state index contributed by atoms with van der Waals surface area (Å²) in [6.07, 6.45) is 6.71. The summed E-state index contributed by atoms with van der Waals surface area (Å²) in [6, 6.07) is 3.99. The van der Waals surface area contributed by atoms with E-state index in [-0.39, 0.29) is 5.91 Å². The van der Waals surface area contributed by atoms with E-state index in [0.29, 0.717) is 12.2 Å². The molecule has 1 N–H and O–H groups in total. The SMILES string of the molecule is O=C(c1nn(Cc2ccncc2)c2c1CNCC2)N1CCCC1. The highest BCUT2D eigenvalue weighted by atomic mass is 16.2. The van der Waals surface area contributed by atoms with Crippen LogP contribution in [0.25, 0.3) is 0 Å². The van der Waals surface area contributed by atoms with Crippen molar-refractivity contribution in [3.8, 4) is 0 Å². The van der Waals surface area contributed by atoms with Crippen molar-refractivity contribution in [1.29, 1.82) is 0 Å². The number of nitrogens with one attached hydrogen (secondary N) is 1. The third-order valence-electron chi connectivity index (χ3n) is 4.68. The minimum atomic E-state index is 0.0935. The fourth-order valence-electron chi connectivity index (χ4n) is 3.45. The van der Waals surface area contributed by atoms with Crippen molar-refractivity contribution in [2.45, 2.75) is 32.4 Å². The average molecular weight is 311 g/mol. The average Bonchev–Trinajstić information content (AvgIpc) is 3.24. The van der Waals surface area contributed by atoms with Crippen molar-refractivity contribution in [3.63, 3.8) is 0 Å². The molecule has 0 saturated carbocycles. The molecule has 6 heteroatoms. The van der Waals surface area contributed by atoms with E-state index in [1.165, 1.54) is 5.69 Å². The lowest BCUT2D eigenvalue weighted by Gasteiger charge is -2.17. The molecule has 120 valence electrons. The van der Waals surface area contributed by atoms with Gasteiger partial charge in [-0.2, -0.15) is 5.10 Å². The Bertz CT molecular complexity index is 703. The molecule has 0 radical (unpaired) electrons. The number of amides is 1. The predicted molar refractivity (Wildman–Crippen MR) is 86.1 cm³/mol. The van der Waals surface area contributed by atoms with Crippen LogP contribution in [-0.2, 0) is 19.5 Å². The Morgan fingerprint density at radius 1 is 1.22 bits per heavy atom. The Morgan fingerprint density at radius 3 is 2.78 bits per heavy atom. The van der Waals surface area contributed by atoms with Crippen molar-refractivity contribution < 1.29 is 4.79 Å². The van der Waals surface area contributed by atoms with Gasteiger partial charge in [-0.25, -0.2) is 0 Å². The molecule has 2 aliphatic heterocycles. The van der Waals surface area contributed by atoms with E-state index in [0.717, 1.165) is 56.6 Å². The summed E-state index contributed by atoms with van der Waals surface area (Å²) >= 11 is 0. The Balaban J connectivity index is 1.68. The quantitative estimate of drug-likeness (QED) is 0.925. The van der Waals surface area contributed by atoms with Gasteiger partial charge in [-0.15, -0.1) is 0 Å². The molecule has 2 aliphatic rings. The maximum atomic E-state index is 12.8. The molecular weight excluding hydrogens is 290 g/mol. The number of aromatic nitrogens is 3. The van der Waals surface area contributed by atoms with Gasteiger partial charge in [0, 0.05) is 56.3 Å². The monoisotopic (exact) mass is 311 g/mol. The van der Waals surface area contributed by atoms with E-state index < -0.39 is 0 Å². The smallest absolute Gasteiger partial charge is 0.274 e. The molecule has 6 nitrogen and oxygen atoms in total. The van der Waals surface area contributed by atoms with Crippen molar-refractivity contribution in [2.24, 2.45) is 0 Å². The van der Waals surface area contributed by atoms with Crippen molar-refractivity contribution in [1.82, 2.24) is 25.0 Å². The molecule has 0 aromatic carbocycles. The molecule has 4 rings (SSSR count). The second kappa shape index (κ2) is 6.12. The lowest BCUT2D eigenvalue weighted by atomic mass is 10.1. The van der Waals surface area contributed by atoms with Crippen LogP contribution in [-0.4, -0.2) is 45.2 Å². The number of fused-ring (bicyclic) bond motifs is 1. The molecule has 1 amide bonds. The number of hydrogen-bond acceptors (Lipinski definition) is 4. The zero-order chi connectivity index (χ0) is 15.6. The number of hydrogen-bond donors (Lipinski definition) is 1. The van der Waals surface area contributed by atoms with Gasteiger partial charge >= 0.3 is 0 Å². The van der Waals surface area contributed by atoms with Gasteiger partial charge in [-0.05, 0) is 30.5 Å². The molecule has 1 saturated heterocycles. The fraction of sp³-hybridized carbons (Fsp3) is 0.471. The van der Waals surface area contributed by atoms with Crippen LogP contribution in [0, 0.1) is 0 Å². The van der Waals surface area contributed by atoms with Gasteiger partial charge in [0.25, 0.3) is 5.91 Å². The minimum absolute atomic E-state index is 0.0935. The Morgan fingerprint density at radius 2 is 2.00 bits per heavy atom. The van der Waals surface area contributed by atoms with Crippen LogP contribution in [0.5, 0.6) is 0 Å². The molecular formula is C17H21N5O. The highest BCUT2D eigenvalue weighted by Crippen LogP contribution is 2.22. The van der Waals surface area contributed by atoms with Crippen LogP contribution < -0.4 is 5.32 Å². The van der Waals surface area contributed by atoms with E-state index in [1.807, 2.05) is 21.7 Å². The van der Waals surface area contributed by atoms with Gasteiger partial charge in [0.2, 0.25) is 0 Å². The summed E-state index contributed by atoms with van der Waals surface area (Å²) in [5.74, 6) is 0.0935. The highest BCUT2D eigenvalue weighted by Gasteiger charge is 2.29. The van der Waals surface area contributed by atoms with Crippen LogP contribution in [0.4, 0.5) is 0 Å². The maximum Gasteiger partial charge on any atom is 0.274 e.